The van der Waals surface area contributed by atoms with Crippen molar-refractivity contribution in [1.82, 2.24) is 15.1 Å². The summed E-state index contributed by atoms with van der Waals surface area (Å²) in [7, 11) is 2.00. The highest BCUT2D eigenvalue weighted by Gasteiger charge is 2.26. The van der Waals surface area contributed by atoms with Crippen LogP contribution in [0.1, 0.15) is 37.7 Å². The minimum absolute atomic E-state index is 0.722. The van der Waals surface area contributed by atoms with E-state index in [1.807, 2.05) is 17.9 Å². The van der Waals surface area contributed by atoms with Crippen LogP contribution in [0.3, 0.4) is 0 Å². The standard InChI is InChI=1S/C12H21N3/c1-3-4-10-7-13-6-5-12(10)11-8-14-15(2)9-11/h8-10,12-13H,3-7H2,1-2H3. The molecule has 15 heavy (non-hydrogen) atoms. The number of nitrogens with one attached hydrogen (secondary N) is 1. The van der Waals surface area contributed by atoms with E-state index in [1.165, 1.54) is 31.4 Å². The van der Waals surface area contributed by atoms with E-state index >= 15 is 0 Å². The third-order valence-electron chi connectivity index (χ3n) is 3.42. The van der Waals surface area contributed by atoms with Gasteiger partial charge in [-0.15, -0.1) is 0 Å². The maximum absolute atomic E-state index is 4.28. The third kappa shape index (κ3) is 2.40. The Hall–Kier alpha value is -0.830. The molecule has 0 aliphatic carbocycles. The number of aromatic nitrogens is 2. The second-order valence-electron chi connectivity index (χ2n) is 4.60. The van der Waals surface area contributed by atoms with Gasteiger partial charge in [0.05, 0.1) is 6.20 Å². The number of hydrogen-bond donors (Lipinski definition) is 1. The molecule has 3 nitrogen and oxygen atoms in total. The second-order valence-corrected chi connectivity index (χ2v) is 4.60. The molecule has 1 aliphatic rings. The fraction of sp³-hybridized carbons (Fsp3) is 0.750. The predicted octanol–water partition coefficient (Wildman–Crippen LogP) is 1.91. The Bertz CT molecular complexity index is 304. The fourth-order valence-corrected chi connectivity index (χ4v) is 2.67. The number of hydrogen-bond acceptors (Lipinski definition) is 2. The minimum atomic E-state index is 0.722. The molecule has 0 amide bonds. The average molecular weight is 207 g/mol. The van der Waals surface area contributed by atoms with Crippen molar-refractivity contribution in [2.75, 3.05) is 13.1 Å². The molecule has 0 aromatic carbocycles. The van der Waals surface area contributed by atoms with Crippen LogP contribution in [0.15, 0.2) is 12.4 Å². The van der Waals surface area contributed by atoms with Gasteiger partial charge in [0.1, 0.15) is 0 Å². The summed E-state index contributed by atoms with van der Waals surface area (Å²) in [6.45, 7) is 4.60. The smallest absolute Gasteiger partial charge is 0.0524 e. The van der Waals surface area contributed by atoms with Crippen molar-refractivity contribution in [1.29, 1.82) is 0 Å². The molecule has 1 saturated heterocycles. The molecule has 1 aliphatic heterocycles. The molecule has 0 spiro atoms. The van der Waals surface area contributed by atoms with E-state index in [1.54, 1.807) is 0 Å². The fourth-order valence-electron chi connectivity index (χ4n) is 2.67. The zero-order chi connectivity index (χ0) is 10.7. The Morgan fingerprint density at radius 3 is 3.13 bits per heavy atom. The first kappa shape index (κ1) is 10.7. The zero-order valence-electron chi connectivity index (χ0n) is 9.74. The van der Waals surface area contributed by atoms with Crippen molar-refractivity contribution in [2.45, 2.75) is 32.1 Å². The van der Waals surface area contributed by atoms with Gasteiger partial charge < -0.3 is 5.32 Å². The lowest BCUT2D eigenvalue weighted by molar-refractivity contribution is 0.306. The first-order chi connectivity index (χ1) is 7.31. The maximum Gasteiger partial charge on any atom is 0.0524 e. The molecule has 1 N–H and O–H groups in total. The normalized spacial score (nSPS) is 26.8. The molecule has 0 saturated carbocycles. The van der Waals surface area contributed by atoms with Crippen LogP contribution in [0.5, 0.6) is 0 Å². The molecule has 2 atom stereocenters. The SMILES string of the molecule is CCCC1CNCCC1c1cnn(C)c1. The quantitative estimate of drug-likeness (QED) is 0.820. The van der Waals surface area contributed by atoms with E-state index in [0.717, 1.165) is 18.4 Å². The molecule has 2 heterocycles. The van der Waals surface area contributed by atoms with Gasteiger partial charge in [-0.25, -0.2) is 0 Å². The van der Waals surface area contributed by atoms with E-state index in [0.29, 0.717) is 0 Å². The van der Waals surface area contributed by atoms with Crippen LogP contribution in [-0.2, 0) is 7.05 Å². The summed E-state index contributed by atoms with van der Waals surface area (Å²) in [5.74, 6) is 1.52. The van der Waals surface area contributed by atoms with Crippen LogP contribution in [0.25, 0.3) is 0 Å². The molecule has 84 valence electrons. The first-order valence-electron chi connectivity index (χ1n) is 6.00. The van der Waals surface area contributed by atoms with Crippen molar-refractivity contribution in [3.8, 4) is 0 Å². The Kier molecular flexibility index (Phi) is 3.41. The van der Waals surface area contributed by atoms with Gasteiger partial charge in [0, 0.05) is 13.2 Å². The van der Waals surface area contributed by atoms with Crippen LogP contribution in [0.4, 0.5) is 0 Å². The van der Waals surface area contributed by atoms with Crippen LogP contribution in [0, 0.1) is 5.92 Å². The summed E-state index contributed by atoms with van der Waals surface area (Å²) in [5, 5.41) is 7.78. The first-order valence-corrected chi connectivity index (χ1v) is 6.00. The average Bonchev–Trinajstić information content (AvgIpc) is 2.66. The lowest BCUT2D eigenvalue weighted by atomic mass is 9.80. The third-order valence-corrected chi connectivity index (χ3v) is 3.42. The Balaban J connectivity index is 2.10. The Morgan fingerprint density at radius 2 is 2.47 bits per heavy atom. The Labute approximate surface area is 91.9 Å². The summed E-state index contributed by atoms with van der Waals surface area (Å²) in [5.41, 5.74) is 1.43. The summed E-state index contributed by atoms with van der Waals surface area (Å²) in [6.07, 6.45) is 8.09. The van der Waals surface area contributed by atoms with Crippen LogP contribution < -0.4 is 5.32 Å². The van der Waals surface area contributed by atoms with Gasteiger partial charge in [-0.05, 0) is 43.3 Å². The highest BCUT2D eigenvalue weighted by atomic mass is 15.2. The van der Waals surface area contributed by atoms with Crippen LogP contribution in [0.2, 0.25) is 0 Å². The van der Waals surface area contributed by atoms with Gasteiger partial charge in [-0.3, -0.25) is 4.68 Å². The lowest BCUT2D eigenvalue weighted by Gasteiger charge is -2.31. The summed E-state index contributed by atoms with van der Waals surface area (Å²) in [6, 6.07) is 0. The predicted molar refractivity (Wildman–Crippen MR) is 61.8 cm³/mol. The molecular weight excluding hydrogens is 186 g/mol. The molecule has 2 unspecified atom stereocenters. The van der Waals surface area contributed by atoms with E-state index < -0.39 is 0 Å². The van der Waals surface area contributed by atoms with Crippen molar-refractivity contribution in [3.63, 3.8) is 0 Å². The number of rotatable bonds is 3. The monoisotopic (exact) mass is 207 g/mol. The van der Waals surface area contributed by atoms with Crippen LogP contribution in [-0.4, -0.2) is 22.9 Å². The van der Waals surface area contributed by atoms with E-state index in [9.17, 15) is 0 Å². The molecule has 0 radical (unpaired) electrons. The van der Waals surface area contributed by atoms with Crippen LogP contribution >= 0.6 is 0 Å². The molecular formula is C12H21N3. The largest absolute Gasteiger partial charge is 0.316 e. The summed E-state index contributed by atoms with van der Waals surface area (Å²) < 4.78 is 1.92. The zero-order valence-corrected chi connectivity index (χ0v) is 9.74. The van der Waals surface area contributed by atoms with E-state index in [-0.39, 0.29) is 0 Å². The lowest BCUT2D eigenvalue weighted by Crippen LogP contribution is -2.35. The van der Waals surface area contributed by atoms with Gasteiger partial charge in [-0.1, -0.05) is 13.3 Å². The van der Waals surface area contributed by atoms with Crippen molar-refractivity contribution in [3.05, 3.63) is 18.0 Å². The van der Waals surface area contributed by atoms with E-state index in [4.69, 9.17) is 0 Å². The van der Waals surface area contributed by atoms with Gasteiger partial charge in [0.25, 0.3) is 0 Å². The van der Waals surface area contributed by atoms with Gasteiger partial charge in [0.15, 0.2) is 0 Å². The number of nitrogens with zero attached hydrogens (tertiary/aromatic N) is 2. The van der Waals surface area contributed by atoms with Crippen molar-refractivity contribution >= 4 is 0 Å². The number of piperidine rings is 1. The molecule has 0 bridgehead atoms. The molecule has 3 heteroatoms. The summed E-state index contributed by atoms with van der Waals surface area (Å²) in [4.78, 5) is 0. The molecule has 1 fully saturated rings. The molecule has 2 rings (SSSR count). The minimum Gasteiger partial charge on any atom is -0.316 e. The molecule has 1 aromatic heterocycles. The molecule has 1 aromatic rings. The highest BCUT2D eigenvalue weighted by molar-refractivity contribution is 5.14. The number of aryl methyl sites for hydroxylation is 1. The van der Waals surface area contributed by atoms with Crippen molar-refractivity contribution < 1.29 is 0 Å². The summed E-state index contributed by atoms with van der Waals surface area (Å²) >= 11 is 0. The Morgan fingerprint density at radius 1 is 1.60 bits per heavy atom. The van der Waals surface area contributed by atoms with Crippen molar-refractivity contribution in [2.24, 2.45) is 13.0 Å². The highest BCUT2D eigenvalue weighted by Crippen LogP contribution is 2.32. The maximum atomic E-state index is 4.28. The van der Waals surface area contributed by atoms with E-state index in [2.05, 4.69) is 23.5 Å². The van der Waals surface area contributed by atoms with Gasteiger partial charge >= 0.3 is 0 Å². The van der Waals surface area contributed by atoms with Gasteiger partial charge in [-0.2, -0.15) is 5.10 Å². The topological polar surface area (TPSA) is 29.9 Å². The van der Waals surface area contributed by atoms with Gasteiger partial charge in [0.2, 0.25) is 0 Å². The second kappa shape index (κ2) is 4.79.